The molecule has 0 aliphatic carbocycles. The van der Waals surface area contributed by atoms with Gasteiger partial charge < -0.3 is 0 Å². The second kappa shape index (κ2) is 6.51. The first-order valence-electron chi connectivity index (χ1n) is 4.47. The molecule has 0 saturated carbocycles. The fourth-order valence-electron chi connectivity index (χ4n) is 1.10. The summed E-state index contributed by atoms with van der Waals surface area (Å²) in [5.41, 5.74) is 1.74. The zero-order valence-electron chi connectivity index (χ0n) is 7.67. The van der Waals surface area contributed by atoms with Crippen molar-refractivity contribution in [2.24, 2.45) is 10.2 Å². The summed E-state index contributed by atoms with van der Waals surface area (Å²) in [7, 11) is 0. The molecule has 0 unspecified atom stereocenters. The molecule has 0 saturated heterocycles. The van der Waals surface area contributed by atoms with Crippen molar-refractivity contribution < 1.29 is 0 Å². The molecule has 0 aliphatic heterocycles. The van der Waals surface area contributed by atoms with Crippen LogP contribution in [0.25, 0.3) is 0 Å². The van der Waals surface area contributed by atoms with Crippen LogP contribution >= 0.6 is 0 Å². The Kier molecular flexibility index (Phi) is 5.26. The van der Waals surface area contributed by atoms with Gasteiger partial charge >= 0.3 is 29.6 Å². The van der Waals surface area contributed by atoms with Crippen LogP contribution in [0.2, 0.25) is 0 Å². The van der Waals surface area contributed by atoms with E-state index in [1.165, 1.54) is 0 Å². The Bertz CT molecular complexity index is 371. The quantitative estimate of drug-likeness (QED) is 0.531. The van der Waals surface area contributed by atoms with Gasteiger partial charge in [-0.05, 0) is 24.3 Å². The van der Waals surface area contributed by atoms with Crippen LogP contribution < -0.4 is 0 Å². The molecule has 3 heteroatoms. The minimum Gasteiger partial charge on any atom is -0.151 e. The number of rotatable bonds is 2. The van der Waals surface area contributed by atoms with Gasteiger partial charge in [0.2, 0.25) is 0 Å². The molecule has 0 N–H and O–H groups in total. The van der Waals surface area contributed by atoms with E-state index in [-0.39, 0.29) is 29.6 Å². The average Bonchev–Trinajstić information content (AvgIpc) is 2.29. The van der Waals surface area contributed by atoms with E-state index in [0.29, 0.717) is 0 Å². The van der Waals surface area contributed by atoms with Gasteiger partial charge in [0, 0.05) is 0 Å². The predicted molar refractivity (Wildman–Crippen MR) is 64.2 cm³/mol. The van der Waals surface area contributed by atoms with Crippen molar-refractivity contribution in [3.05, 3.63) is 60.7 Å². The molecule has 70 valence electrons. The maximum absolute atomic E-state index is 4.10. The van der Waals surface area contributed by atoms with Crippen LogP contribution in [0, 0.1) is 0 Å². The second-order valence-electron chi connectivity index (χ2n) is 2.87. The summed E-state index contributed by atoms with van der Waals surface area (Å²) in [5, 5.41) is 8.20. The van der Waals surface area contributed by atoms with Gasteiger partial charge in [-0.2, -0.15) is 10.2 Å². The summed E-state index contributed by atoms with van der Waals surface area (Å²) in [6.07, 6.45) is 0. The first-order chi connectivity index (χ1) is 6.95. The molecular weight excluding hydrogens is 195 g/mol. The number of nitrogens with zero attached hydrogens (tertiary/aromatic N) is 2. The van der Waals surface area contributed by atoms with E-state index in [1.54, 1.807) is 0 Å². The molecular formula is C12H11N2Na. The van der Waals surface area contributed by atoms with Gasteiger partial charge in [0.05, 0.1) is 11.4 Å². The summed E-state index contributed by atoms with van der Waals surface area (Å²) in [4.78, 5) is 0. The van der Waals surface area contributed by atoms with E-state index in [2.05, 4.69) is 10.2 Å². The van der Waals surface area contributed by atoms with Gasteiger partial charge in [-0.3, -0.25) is 0 Å². The van der Waals surface area contributed by atoms with Crippen LogP contribution in [0.4, 0.5) is 11.4 Å². The predicted octanol–water partition coefficient (Wildman–Crippen LogP) is 3.45. The number of hydrogen-bond acceptors (Lipinski definition) is 2. The third-order valence-electron chi connectivity index (χ3n) is 1.79. The largest absolute Gasteiger partial charge is 0.151 e. The molecule has 0 bridgehead atoms. The Morgan fingerprint density at radius 3 is 1.20 bits per heavy atom. The molecule has 0 aliphatic rings. The molecule has 0 atom stereocenters. The van der Waals surface area contributed by atoms with Crippen LogP contribution in [-0.2, 0) is 0 Å². The van der Waals surface area contributed by atoms with Crippen LogP contribution in [-0.4, -0.2) is 29.6 Å². The van der Waals surface area contributed by atoms with Crippen LogP contribution in [0.3, 0.4) is 0 Å². The van der Waals surface area contributed by atoms with Crippen molar-refractivity contribution in [2.75, 3.05) is 0 Å². The van der Waals surface area contributed by atoms with E-state index >= 15 is 0 Å². The minimum atomic E-state index is 0. The van der Waals surface area contributed by atoms with Crippen molar-refractivity contribution in [2.45, 2.75) is 0 Å². The minimum absolute atomic E-state index is 0. The molecule has 2 aromatic carbocycles. The van der Waals surface area contributed by atoms with Gasteiger partial charge in [0.25, 0.3) is 0 Å². The Balaban J connectivity index is 0.00000112. The van der Waals surface area contributed by atoms with Crippen molar-refractivity contribution in [3.63, 3.8) is 0 Å². The smallest absolute Gasteiger partial charge is 0.0857 e. The Labute approximate surface area is 111 Å². The SMILES string of the molecule is [NaH].c1ccc(/N=N/c2ccccc2)cc1. The average molecular weight is 206 g/mol. The van der Waals surface area contributed by atoms with E-state index in [4.69, 9.17) is 0 Å². The van der Waals surface area contributed by atoms with Gasteiger partial charge in [-0.15, -0.1) is 0 Å². The third kappa shape index (κ3) is 3.96. The zero-order chi connectivity index (χ0) is 9.64. The number of benzene rings is 2. The van der Waals surface area contributed by atoms with Crippen molar-refractivity contribution in [3.8, 4) is 0 Å². The van der Waals surface area contributed by atoms with Crippen molar-refractivity contribution in [1.29, 1.82) is 0 Å². The van der Waals surface area contributed by atoms with Gasteiger partial charge in [-0.25, -0.2) is 0 Å². The fourth-order valence-corrected chi connectivity index (χ4v) is 1.10. The summed E-state index contributed by atoms with van der Waals surface area (Å²) in [6, 6.07) is 19.4. The van der Waals surface area contributed by atoms with E-state index in [9.17, 15) is 0 Å². The maximum Gasteiger partial charge on any atom is 0.0857 e. The molecule has 0 amide bonds. The topological polar surface area (TPSA) is 24.7 Å². The fraction of sp³-hybridized carbons (Fsp3) is 0. The summed E-state index contributed by atoms with van der Waals surface area (Å²) in [5.74, 6) is 0. The monoisotopic (exact) mass is 206 g/mol. The summed E-state index contributed by atoms with van der Waals surface area (Å²) < 4.78 is 0. The first kappa shape index (κ1) is 12.1. The second-order valence-corrected chi connectivity index (χ2v) is 2.87. The Hall–Kier alpha value is -0.960. The molecule has 0 aromatic heterocycles. The molecule has 15 heavy (non-hydrogen) atoms. The van der Waals surface area contributed by atoms with Gasteiger partial charge in [-0.1, -0.05) is 36.4 Å². The van der Waals surface area contributed by atoms with Crippen LogP contribution in [0.15, 0.2) is 70.9 Å². The first-order valence-corrected chi connectivity index (χ1v) is 4.47. The van der Waals surface area contributed by atoms with Crippen LogP contribution in [0.5, 0.6) is 0 Å². The Morgan fingerprint density at radius 1 is 0.533 bits per heavy atom. The maximum atomic E-state index is 4.10. The standard InChI is InChI=1S/C12H10N2.Na.H/c1-3-7-11(8-4-1)13-14-12-9-5-2-6-10-12;;/h1-10H;;/b14-13+;;. The summed E-state index contributed by atoms with van der Waals surface area (Å²) >= 11 is 0. The normalized spacial score (nSPS) is 9.87. The van der Waals surface area contributed by atoms with Gasteiger partial charge in [0.1, 0.15) is 0 Å². The number of hydrogen-bond donors (Lipinski definition) is 0. The molecule has 0 fully saturated rings. The van der Waals surface area contributed by atoms with Crippen molar-refractivity contribution >= 4 is 40.9 Å². The molecule has 2 nitrogen and oxygen atoms in total. The molecule has 0 radical (unpaired) electrons. The summed E-state index contributed by atoms with van der Waals surface area (Å²) in [6.45, 7) is 0. The molecule has 2 rings (SSSR count). The molecule has 0 heterocycles. The van der Waals surface area contributed by atoms with E-state index in [1.807, 2.05) is 60.7 Å². The Morgan fingerprint density at radius 2 is 0.867 bits per heavy atom. The number of azo groups is 1. The van der Waals surface area contributed by atoms with Crippen LogP contribution in [0.1, 0.15) is 0 Å². The molecule has 2 aromatic rings. The zero-order valence-corrected chi connectivity index (χ0v) is 7.67. The third-order valence-corrected chi connectivity index (χ3v) is 1.79. The van der Waals surface area contributed by atoms with Gasteiger partial charge in [0.15, 0.2) is 0 Å². The van der Waals surface area contributed by atoms with E-state index in [0.717, 1.165) is 11.4 Å². The van der Waals surface area contributed by atoms with Crippen molar-refractivity contribution in [1.82, 2.24) is 0 Å². The van der Waals surface area contributed by atoms with E-state index < -0.39 is 0 Å². The molecule has 0 spiro atoms.